The Labute approximate surface area is 202 Å². The summed E-state index contributed by atoms with van der Waals surface area (Å²) in [6.45, 7) is 3.86. The van der Waals surface area contributed by atoms with Crippen molar-refractivity contribution in [2.24, 2.45) is 5.92 Å². The van der Waals surface area contributed by atoms with Crippen LogP contribution in [0.3, 0.4) is 0 Å². The summed E-state index contributed by atoms with van der Waals surface area (Å²) in [5.41, 5.74) is 2.68. The molecule has 7 nitrogen and oxygen atoms in total. The van der Waals surface area contributed by atoms with Crippen LogP contribution >= 0.6 is 11.8 Å². The highest BCUT2D eigenvalue weighted by molar-refractivity contribution is 7.98. The Hall–Kier alpha value is -3.23. The maximum atomic E-state index is 13.5. The molecule has 2 N–H and O–H groups in total. The molecular formula is C26H27N3O4S. The number of benzene rings is 2. The number of aliphatic hydroxyl groups is 1. The molecule has 2 aliphatic heterocycles. The van der Waals surface area contributed by atoms with Gasteiger partial charge in [0, 0.05) is 22.9 Å². The summed E-state index contributed by atoms with van der Waals surface area (Å²) in [5, 5.41) is 22.9. The number of amides is 1. The van der Waals surface area contributed by atoms with Gasteiger partial charge in [-0.25, -0.2) is 0 Å². The summed E-state index contributed by atoms with van der Waals surface area (Å²) >= 11 is 1.77. The number of thioether (sulfide) groups is 1. The van der Waals surface area contributed by atoms with E-state index in [0.717, 1.165) is 21.8 Å². The highest BCUT2D eigenvalue weighted by Crippen LogP contribution is 2.43. The fraction of sp³-hybridized carbons (Fsp3) is 0.308. The van der Waals surface area contributed by atoms with Crippen molar-refractivity contribution in [1.82, 2.24) is 9.58 Å². The minimum absolute atomic E-state index is 0.0239. The van der Waals surface area contributed by atoms with E-state index < -0.39 is 23.1 Å². The standard InChI is InChI=1S/C26H27N3O4S/c1-16(2)20(13-30)27-15-29(28-12-11-21(31)25(32)24(28)26(27)33)23-18-8-4-3-7-17(18)14-34-22-10-6-5-9-19(22)23/h3-12,16,20,23,30,32H,13-15H2,1-2H3/t20-,23?/m0/s1. The Morgan fingerprint density at radius 1 is 1.03 bits per heavy atom. The zero-order chi connectivity index (χ0) is 24.0. The Balaban J connectivity index is 1.77. The molecule has 0 bridgehead atoms. The van der Waals surface area contributed by atoms with Gasteiger partial charge >= 0.3 is 0 Å². The summed E-state index contributed by atoms with van der Waals surface area (Å²) in [6, 6.07) is 17.0. The quantitative estimate of drug-likeness (QED) is 0.600. The van der Waals surface area contributed by atoms with E-state index >= 15 is 0 Å². The number of aliphatic hydroxyl groups excluding tert-OH is 1. The van der Waals surface area contributed by atoms with Crippen molar-refractivity contribution in [2.45, 2.75) is 36.6 Å². The third-order valence-electron chi connectivity index (χ3n) is 6.69. The lowest BCUT2D eigenvalue weighted by molar-refractivity contribution is 0.0408. The molecule has 0 aliphatic carbocycles. The lowest BCUT2D eigenvalue weighted by atomic mass is 9.94. The third kappa shape index (κ3) is 3.58. The van der Waals surface area contributed by atoms with Gasteiger partial charge in [0.05, 0.1) is 18.7 Å². The highest BCUT2D eigenvalue weighted by atomic mass is 32.2. The maximum Gasteiger partial charge on any atom is 0.278 e. The Morgan fingerprint density at radius 2 is 1.74 bits per heavy atom. The van der Waals surface area contributed by atoms with Gasteiger partial charge in [-0.3, -0.25) is 19.3 Å². The second kappa shape index (κ2) is 8.85. The first-order valence-corrected chi connectivity index (χ1v) is 12.3. The van der Waals surface area contributed by atoms with Crippen LogP contribution in [0.2, 0.25) is 0 Å². The summed E-state index contributed by atoms with van der Waals surface area (Å²) in [4.78, 5) is 28.6. The summed E-state index contributed by atoms with van der Waals surface area (Å²) < 4.78 is 1.61. The van der Waals surface area contributed by atoms with E-state index in [4.69, 9.17) is 0 Å². The molecule has 2 atom stereocenters. The summed E-state index contributed by atoms with van der Waals surface area (Å²) in [6.07, 6.45) is 1.55. The highest BCUT2D eigenvalue weighted by Gasteiger charge is 2.41. The number of nitrogens with zero attached hydrogens (tertiary/aromatic N) is 3. The molecule has 2 aromatic carbocycles. The Morgan fingerprint density at radius 3 is 2.47 bits per heavy atom. The fourth-order valence-corrected chi connectivity index (χ4v) is 6.00. The third-order valence-corrected chi connectivity index (χ3v) is 7.83. The molecule has 176 valence electrons. The van der Waals surface area contributed by atoms with E-state index in [1.54, 1.807) is 27.5 Å². The first kappa shape index (κ1) is 22.6. The minimum Gasteiger partial charge on any atom is -0.502 e. The predicted octanol–water partition coefficient (Wildman–Crippen LogP) is 3.32. The van der Waals surface area contributed by atoms with Gasteiger partial charge in [0.1, 0.15) is 6.67 Å². The van der Waals surface area contributed by atoms with Gasteiger partial charge < -0.3 is 15.1 Å². The second-order valence-corrected chi connectivity index (χ2v) is 10.0. The van der Waals surface area contributed by atoms with Crippen molar-refractivity contribution in [3.63, 3.8) is 0 Å². The second-order valence-electron chi connectivity index (χ2n) is 9.00. The summed E-state index contributed by atoms with van der Waals surface area (Å²) in [5.74, 6) is -0.256. The van der Waals surface area contributed by atoms with Crippen LogP contribution in [0.15, 0.2) is 70.5 Å². The van der Waals surface area contributed by atoms with Crippen molar-refractivity contribution >= 4 is 17.7 Å². The Bertz CT molecular complexity index is 1260. The van der Waals surface area contributed by atoms with Crippen molar-refractivity contribution in [1.29, 1.82) is 0 Å². The fourth-order valence-electron chi connectivity index (χ4n) is 4.90. The van der Waals surface area contributed by atoms with Crippen LogP contribution in [-0.2, 0) is 5.75 Å². The number of rotatable bonds is 4. The van der Waals surface area contributed by atoms with Crippen molar-refractivity contribution in [3.8, 4) is 5.75 Å². The number of hydrogen-bond donors (Lipinski definition) is 2. The molecule has 0 fully saturated rings. The van der Waals surface area contributed by atoms with Gasteiger partial charge in [-0.2, -0.15) is 0 Å². The molecule has 0 saturated heterocycles. The lowest BCUT2D eigenvalue weighted by Crippen LogP contribution is -2.60. The number of pyridine rings is 1. The predicted molar refractivity (Wildman–Crippen MR) is 132 cm³/mol. The van der Waals surface area contributed by atoms with Crippen LogP contribution in [0.25, 0.3) is 0 Å². The summed E-state index contributed by atoms with van der Waals surface area (Å²) in [7, 11) is 0. The Kier molecular flexibility index (Phi) is 5.87. The smallest absolute Gasteiger partial charge is 0.278 e. The van der Waals surface area contributed by atoms with E-state index in [1.165, 1.54) is 11.6 Å². The van der Waals surface area contributed by atoms with E-state index in [2.05, 4.69) is 24.3 Å². The first-order chi connectivity index (χ1) is 16.4. The normalized spacial score (nSPS) is 18.2. The molecule has 1 aromatic heterocycles. The minimum atomic E-state index is -0.608. The molecule has 2 aliphatic rings. The zero-order valence-corrected chi connectivity index (χ0v) is 19.9. The SMILES string of the molecule is CC(C)[C@H](CO)N1CN(C2c3ccccc3CSc3ccccc32)n2ccc(=O)c(O)c2C1=O. The molecule has 34 heavy (non-hydrogen) atoms. The molecule has 1 amide bonds. The maximum absolute atomic E-state index is 13.5. The average Bonchev–Trinajstić information content (AvgIpc) is 3.00. The van der Waals surface area contributed by atoms with Gasteiger partial charge in [-0.1, -0.05) is 56.3 Å². The van der Waals surface area contributed by atoms with Crippen LogP contribution < -0.4 is 10.4 Å². The zero-order valence-electron chi connectivity index (χ0n) is 19.1. The van der Waals surface area contributed by atoms with E-state index in [-0.39, 0.29) is 30.9 Å². The van der Waals surface area contributed by atoms with Gasteiger partial charge in [-0.15, -0.1) is 11.8 Å². The monoisotopic (exact) mass is 477 g/mol. The van der Waals surface area contributed by atoms with Crippen LogP contribution in [-0.4, -0.2) is 45.0 Å². The number of aromatic hydroxyl groups is 1. The lowest BCUT2D eigenvalue weighted by Gasteiger charge is -2.47. The number of aromatic nitrogens is 1. The molecule has 0 radical (unpaired) electrons. The molecule has 5 rings (SSSR count). The number of carbonyl (C=O) groups excluding carboxylic acids is 1. The van der Waals surface area contributed by atoms with E-state index in [9.17, 15) is 19.8 Å². The van der Waals surface area contributed by atoms with E-state index in [0.29, 0.717) is 0 Å². The topological polar surface area (TPSA) is 86.0 Å². The molecule has 0 saturated carbocycles. The van der Waals surface area contributed by atoms with Crippen LogP contribution in [0.5, 0.6) is 5.75 Å². The number of hydrogen-bond acceptors (Lipinski definition) is 6. The average molecular weight is 478 g/mol. The van der Waals surface area contributed by atoms with Crippen LogP contribution in [0, 0.1) is 5.92 Å². The molecular weight excluding hydrogens is 450 g/mol. The van der Waals surface area contributed by atoms with Gasteiger partial charge in [0.2, 0.25) is 5.43 Å². The number of fused-ring (bicyclic) bond motifs is 3. The first-order valence-electron chi connectivity index (χ1n) is 11.3. The van der Waals surface area contributed by atoms with Gasteiger partial charge in [0.15, 0.2) is 11.4 Å². The van der Waals surface area contributed by atoms with Crippen LogP contribution in [0.1, 0.15) is 47.1 Å². The van der Waals surface area contributed by atoms with E-state index in [1.807, 2.05) is 43.1 Å². The molecule has 8 heteroatoms. The number of carbonyl (C=O) groups is 1. The van der Waals surface area contributed by atoms with Gasteiger partial charge in [-0.05, 0) is 28.7 Å². The molecule has 0 spiro atoms. The van der Waals surface area contributed by atoms with Crippen molar-refractivity contribution in [3.05, 3.63) is 93.4 Å². The van der Waals surface area contributed by atoms with Crippen LogP contribution in [0.4, 0.5) is 0 Å². The molecule has 3 aromatic rings. The largest absolute Gasteiger partial charge is 0.502 e. The van der Waals surface area contributed by atoms with Gasteiger partial charge in [0.25, 0.3) is 5.91 Å². The molecule has 3 heterocycles. The van der Waals surface area contributed by atoms with Crippen molar-refractivity contribution < 1.29 is 15.0 Å². The molecule has 1 unspecified atom stereocenters. The van der Waals surface area contributed by atoms with Crippen molar-refractivity contribution in [2.75, 3.05) is 18.3 Å².